The van der Waals surface area contributed by atoms with E-state index < -0.39 is 34.8 Å². The molecule has 0 fully saturated rings. The van der Waals surface area contributed by atoms with Crippen LogP contribution in [0.5, 0.6) is 5.75 Å². The number of anilines is 1. The van der Waals surface area contributed by atoms with E-state index in [0.717, 1.165) is 30.3 Å². The molecule has 0 unspecified atom stereocenters. The van der Waals surface area contributed by atoms with Gasteiger partial charge < -0.3 is 15.5 Å². The zero-order valence-corrected chi connectivity index (χ0v) is 10.4. The summed E-state index contributed by atoms with van der Waals surface area (Å²) in [5.41, 5.74) is -1.24. The lowest BCUT2D eigenvalue weighted by Gasteiger charge is -2.09. The van der Waals surface area contributed by atoms with Crippen molar-refractivity contribution in [3.05, 3.63) is 59.2 Å². The largest absolute Gasteiger partial charge is 0.507 e. The van der Waals surface area contributed by atoms with Crippen LogP contribution in [0.15, 0.2) is 36.4 Å². The van der Waals surface area contributed by atoms with Crippen LogP contribution in [-0.2, 0) is 0 Å². The Balaban J connectivity index is 2.30. The van der Waals surface area contributed by atoms with E-state index in [4.69, 9.17) is 5.11 Å². The topological polar surface area (TPSA) is 86.6 Å². The number of carboxylic acids is 1. The number of phenols is 1. The molecule has 0 atom stereocenters. The average molecular weight is 293 g/mol. The second kappa shape index (κ2) is 5.58. The molecule has 0 aliphatic heterocycles. The third kappa shape index (κ3) is 2.97. The lowest BCUT2D eigenvalue weighted by atomic mass is 10.1. The summed E-state index contributed by atoms with van der Waals surface area (Å²) in [4.78, 5) is 22.5. The number of carbonyl (C=O) groups is 2. The Morgan fingerprint density at radius 1 is 1.05 bits per heavy atom. The van der Waals surface area contributed by atoms with Crippen molar-refractivity contribution in [1.29, 1.82) is 0 Å². The van der Waals surface area contributed by atoms with Gasteiger partial charge >= 0.3 is 5.97 Å². The third-order valence-electron chi connectivity index (χ3n) is 2.68. The molecule has 108 valence electrons. The van der Waals surface area contributed by atoms with Crippen LogP contribution in [0.4, 0.5) is 14.5 Å². The summed E-state index contributed by atoms with van der Waals surface area (Å²) >= 11 is 0. The number of carboxylic acid groups (broad SMARTS) is 1. The van der Waals surface area contributed by atoms with Crippen LogP contribution in [0.1, 0.15) is 20.7 Å². The molecule has 0 bridgehead atoms. The number of nitrogens with one attached hydrogen (secondary N) is 1. The van der Waals surface area contributed by atoms with E-state index in [1.54, 1.807) is 0 Å². The number of aromatic carboxylic acids is 1. The van der Waals surface area contributed by atoms with Gasteiger partial charge in [-0.1, -0.05) is 6.07 Å². The minimum atomic E-state index is -1.32. The third-order valence-corrected chi connectivity index (χ3v) is 2.68. The molecule has 21 heavy (non-hydrogen) atoms. The number of carbonyl (C=O) groups excluding carboxylic acids is 1. The van der Waals surface area contributed by atoms with Crippen molar-refractivity contribution in [1.82, 2.24) is 0 Å². The molecule has 7 heteroatoms. The molecule has 0 saturated heterocycles. The van der Waals surface area contributed by atoms with Gasteiger partial charge in [-0.25, -0.2) is 13.6 Å². The van der Waals surface area contributed by atoms with E-state index in [0.29, 0.717) is 0 Å². The van der Waals surface area contributed by atoms with Crippen molar-refractivity contribution >= 4 is 17.6 Å². The molecule has 0 saturated carbocycles. The average Bonchev–Trinajstić information content (AvgIpc) is 2.40. The van der Waals surface area contributed by atoms with E-state index in [-0.39, 0.29) is 11.3 Å². The molecule has 0 spiro atoms. The summed E-state index contributed by atoms with van der Waals surface area (Å²) in [6.45, 7) is 0. The van der Waals surface area contributed by atoms with Crippen LogP contribution in [0.3, 0.4) is 0 Å². The van der Waals surface area contributed by atoms with Gasteiger partial charge in [-0.15, -0.1) is 0 Å². The molecule has 0 aromatic heterocycles. The normalized spacial score (nSPS) is 10.2. The van der Waals surface area contributed by atoms with Crippen molar-refractivity contribution in [2.75, 3.05) is 5.32 Å². The molecule has 5 nitrogen and oxygen atoms in total. The molecule has 2 rings (SSSR count). The van der Waals surface area contributed by atoms with Crippen LogP contribution < -0.4 is 5.32 Å². The fraction of sp³-hybridized carbons (Fsp3) is 0. The van der Waals surface area contributed by atoms with Crippen LogP contribution in [0, 0.1) is 11.6 Å². The monoisotopic (exact) mass is 293 g/mol. The maximum Gasteiger partial charge on any atom is 0.335 e. The fourth-order valence-electron chi connectivity index (χ4n) is 1.67. The van der Waals surface area contributed by atoms with E-state index in [1.807, 2.05) is 0 Å². The summed E-state index contributed by atoms with van der Waals surface area (Å²) in [7, 11) is 0. The number of rotatable bonds is 3. The summed E-state index contributed by atoms with van der Waals surface area (Å²) in [5.74, 6) is -4.91. The zero-order chi connectivity index (χ0) is 15.6. The van der Waals surface area contributed by atoms with Gasteiger partial charge in [0, 0.05) is 0 Å². The maximum absolute atomic E-state index is 13.7. The van der Waals surface area contributed by atoms with Gasteiger partial charge in [-0.3, -0.25) is 4.79 Å². The first-order valence-corrected chi connectivity index (χ1v) is 5.72. The lowest BCUT2D eigenvalue weighted by molar-refractivity contribution is 0.0696. The highest BCUT2D eigenvalue weighted by molar-refractivity contribution is 6.06. The fourth-order valence-corrected chi connectivity index (χ4v) is 1.67. The Kier molecular flexibility index (Phi) is 3.84. The predicted molar refractivity (Wildman–Crippen MR) is 69.4 cm³/mol. The Morgan fingerprint density at radius 3 is 2.33 bits per heavy atom. The molecule has 3 N–H and O–H groups in total. The van der Waals surface area contributed by atoms with Crippen molar-refractivity contribution < 1.29 is 28.6 Å². The number of phenolic OH excluding ortho intramolecular Hbond substituents is 1. The van der Waals surface area contributed by atoms with Crippen molar-refractivity contribution in [2.45, 2.75) is 0 Å². The first kappa shape index (κ1) is 14.4. The number of halogens is 2. The highest BCUT2D eigenvalue weighted by Crippen LogP contribution is 2.22. The summed E-state index contributed by atoms with van der Waals surface area (Å²) in [6, 6.07) is 6.14. The van der Waals surface area contributed by atoms with Crippen LogP contribution >= 0.6 is 0 Å². The molecule has 2 aromatic rings. The summed E-state index contributed by atoms with van der Waals surface area (Å²) in [6.07, 6.45) is 0. The van der Waals surface area contributed by atoms with Crippen molar-refractivity contribution in [2.24, 2.45) is 0 Å². The Bertz CT molecular complexity index is 711. The molecular weight excluding hydrogens is 284 g/mol. The number of aromatic hydroxyl groups is 1. The molecule has 1 amide bonds. The summed E-state index contributed by atoms with van der Waals surface area (Å²) < 4.78 is 27.1. The lowest BCUT2D eigenvalue weighted by Crippen LogP contribution is -2.15. The number of hydrogen-bond acceptors (Lipinski definition) is 3. The van der Waals surface area contributed by atoms with E-state index >= 15 is 0 Å². The molecule has 0 aliphatic rings. The number of hydrogen-bond donors (Lipinski definition) is 3. The Hall–Kier alpha value is -2.96. The minimum Gasteiger partial charge on any atom is -0.507 e. The molecule has 0 radical (unpaired) electrons. The first-order chi connectivity index (χ1) is 9.90. The second-order valence-electron chi connectivity index (χ2n) is 4.09. The SMILES string of the molecule is O=C(O)c1ccc(NC(=O)c2c(O)cccc2F)c(F)c1. The quantitative estimate of drug-likeness (QED) is 0.812. The van der Waals surface area contributed by atoms with E-state index in [1.165, 1.54) is 6.07 Å². The van der Waals surface area contributed by atoms with Gasteiger partial charge in [0.2, 0.25) is 0 Å². The van der Waals surface area contributed by atoms with Gasteiger partial charge in [0.05, 0.1) is 11.3 Å². The van der Waals surface area contributed by atoms with Crippen LogP contribution in [-0.4, -0.2) is 22.1 Å². The van der Waals surface area contributed by atoms with Gasteiger partial charge in [-0.05, 0) is 30.3 Å². The zero-order valence-electron chi connectivity index (χ0n) is 10.4. The van der Waals surface area contributed by atoms with Gasteiger partial charge in [-0.2, -0.15) is 0 Å². The second-order valence-corrected chi connectivity index (χ2v) is 4.09. The van der Waals surface area contributed by atoms with Gasteiger partial charge in [0.1, 0.15) is 22.9 Å². The van der Waals surface area contributed by atoms with E-state index in [2.05, 4.69) is 5.32 Å². The molecular formula is C14H9F2NO4. The van der Waals surface area contributed by atoms with Crippen LogP contribution in [0.2, 0.25) is 0 Å². The highest BCUT2D eigenvalue weighted by Gasteiger charge is 2.18. The smallest absolute Gasteiger partial charge is 0.335 e. The molecule has 2 aromatic carbocycles. The van der Waals surface area contributed by atoms with E-state index in [9.17, 15) is 23.5 Å². The molecule has 0 aliphatic carbocycles. The van der Waals surface area contributed by atoms with Gasteiger partial charge in [0.15, 0.2) is 0 Å². The summed E-state index contributed by atoms with van der Waals surface area (Å²) in [5, 5.41) is 20.2. The minimum absolute atomic E-state index is 0.292. The van der Waals surface area contributed by atoms with Crippen LogP contribution in [0.25, 0.3) is 0 Å². The Labute approximate surface area is 117 Å². The standard InChI is InChI=1S/C14H9F2NO4/c15-8-2-1-3-11(18)12(8)13(19)17-10-5-4-7(14(20)21)6-9(10)16/h1-6,18H,(H,17,19)(H,20,21). The van der Waals surface area contributed by atoms with Crippen molar-refractivity contribution in [3.8, 4) is 5.75 Å². The highest BCUT2D eigenvalue weighted by atomic mass is 19.1. The number of amides is 1. The molecule has 0 heterocycles. The van der Waals surface area contributed by atoms with Crippen molar-refractivity contribution in [3.63, 3.8) is 0 Å². The Morgan fingerprint density at radius 2 is 1.76 bits per heavy atom. The maximum atomic E-state index is 13.7. The predicted octanol–water partition coefficient (Wildman–Crippen LogP) is 2.62. The first-order valence-electron chi connectivity index (χ1n) is 5.72. The number of benzene rings is 2. The van der Waals surface area contributed by atoms with Gasteiger partial charge in [0.25, 0.3) is 5.91 Å².